The lowest BCUT2D eigenvalue weighted by atomic mass is 9.79. The lowest BCUT2D eigenvalue weighted by Gasteiger charge is -2.43. The Morgan fingerprint density at radius 3 is 2.73 bits per heavy atom. The van der Waals surface area contributed by atoms with E-state index in [4.69, 9.17) is 14.2 Å². The smallest absolute Gasteiger partial charge is 0.202 e. The minimum atomic E-state index is -0.520. The molecule has 1 heterocycles. The molecular formula is C29H39NO3. The van der Waals surface area contributed by atoms with Gasteiger partial charge in [-0.1, -0.05) is 36.4 Å². The van der Waals surface area contributed by atoms with Gasteiger partial charge in [-0.25, -0.2) is 0 Å². The molecule has 178 valence electrons. The standard InChI is InChI=1S/C29H39NO3/c1-19(26-14-8-10-21-9-5-6-13-27(21)26)30-24-16-15-23(17-24)22-11-7-12-25(18-22)33-29(3,4)28-31-20(2)32-28/h6-8,11-14,18-21,23-24,28,30H,5,9-10,15-17H2,1-4H3/t19-,20?,21?,23-,24+,28?/m1/s1. The fraction of sp³-hybridized carbons (Fsp3) is 0.586. The van der Waals surface area contributed by atoms with E-state index in [0.717, 1.165) is 11.7 Å². The number of ether oxygens (including phenoxy) is 3. The van der Waals surface area contributed by atoms with E-state index >= 15 is 0 Å². The van der Waals surface area contributed by atoms with Crippen molar-refractivity contribution >= 4 is 0 Å². The monoisotopic (exact) mass is 449 g/mol. The third-order valence-electron chi connectivity index (χ3n) is 7.76. The summed E-state index contributed by atoms with van der Waals surface area (Å²) in [6.45, 7) is 8.29. The summed E-state index contributed by atoms with van der Waals surface area (Å²) >= 11 is 0. The van der Waals surface area contributed by atoms with Gasteiger partial charge in [-0.15, -0.1) is 0 Å². The number of rotatable bonds is 7. The number of fused-ring (bicyclic) bond motifs is 1. The Hall–Kier alpha value is -1.88. The molecule has 4 aliphatic rings. The van der Waals surface area contributed by atoms with E-state index in [1.54, 1.807) is 5.57 Å². The summed E-state index contributed by atoms with van der Waals surface area (Å²) in [7, 11) is 0. The average molecular weight is 450 g/mol. The van der Waals surface area contributed by atoms with Crippen LogP contribution in [-0.4, -0.2) is 30.3 Å². The van der Waals surface area contributed by atoms with Gasteiger partial charge in [0.2, 0.25) is 6.29 Å². The van der Waals surface area contributed by atoms with E-state index in [-0.39, 0.29) is 12.6 Å². The molecule has 0 aromatic heterocycles. The summed E-state index contributed by atoms with van der Waals surface area (Å²) in [4.78, 5) is 0. The Morgan fingerprint density at radius 1 is 1.06 bits per heavy atom. The van der Waals surface area contributed by atoms with E-state index in [2.05, 4.69) is 54.7 Å². The van der Waals surface area contributed by atoms with Crippen molar-refractivity contribution in [3.63, 3.8) is 0 Å². The second kappa shape index (κ2) is 9.40. The zero-order valence-electron chi connectivity index (χ0n) is 20.6. The first-order valence-corrected chi connectivity index (χ1v) is 12.8. The molecule has 1 unspecified atom stereocenters. The van der Waals surface area contributed by atoms with Gasteiger partial charge in [0, 0.05) is 12.1 Å². The van der Waals surface area contributed by atoms with Gasteiger partial charge >= 0.3 is 0 Å². The molecule has 0 spiro atoms. The first kappa shape index (κ1) is 22.9. The summed E-state index contributed by atoms with van der Waals surface area (Å²) in [5, 5.41) is 3.96. The van der Waals surface area contributed by atoms with Gasteiger partial charge in [-0.05, 0) is 107 Å². The molecule has 1 aromatic carbocycles. The van der Waals surface area contributed by atoms with Gasteiger partial charge in [0.15, 0.2) is 11.9 Å². The van der Waals surface area contributed by atoms with E-state index in [9.17, 15) is 0 Å². The highest BCUT2D eigenvalue weighted by molar-refractivity contribution is 5.42. The highest BCUT2D eigenvalue weighted by Crippen LogP contribution is 2.39. The molecule has 1 aliphatic heterocycles. The molecule has 4 nitrogen and oxygen atoms in total. The van der Waals surface area contributed by atoms with Crippen molar-refractivity contribution < 1.29 is 14.2 Å². The largest absolute Gasteiger partial charge is 0.483 e. The van der Waals surface area contributed by atoms with Crippen LogP contribution in [0.5, 0.6) is 5.75 Å². The number of hydrogen-bond acceptors (Lipinski definition) is 4. The molecule has 1 saturated carbocycles. The normalized spacial score (nSPS) is 32.4. The zero-order valence-corrected chi connectivity index (χ0v) is 20.6. The summed E-state index contributed by atoms with van der Waals surface area (Å²) < 4.78 is 17.6. The minimum absolute atomic E-state index is 0.143. The van der Waals surface area contributed by atoms with Gasteiger partial charge in [0.1, 0.15) is 5.75 Å². The first-order chi connectivity index (χ1) is 15.9. The first-order valence-electron chi connectivity index (χ1n) is 12.8. The van der Waals surface area contributed by atoms with Crippen LogP contribution < -0.4 is 10.1 Å². The quantitative estimate of drug-likeness (QED) is 0.523. The fourth-order valence-corrected chi connectivity index (χ4v) is 5.97. The predicted molar refractivity (Wildman–Crippen MR) is 132 cm³/mol. The summed E-state index contributed by atoms with van der Waals surface area (Å²) in [6, 6.07) is 9.57. The molecule has 4 heteroatoms. The molecular weight excluding hydrogens is 410 g/mol. The zero-order chi connectivity index (χ0) is 23.0. The lowest BCUT2D eigenvalue weighted by molar-refractivity contribution is -0.410. The van der Waals surface area contributed by atoms with Crippen LogP contribution in [0.2, 0.25) is 0 Å². The van der Waals surface area contributed by atoms with Crippen molar-refractivity contribution in [1.29, 1.82) is 0 Å². The van der Waals surface area contributed by atoms with Crippen LogP contribution >= 0.6 is 0 Å². The van der Waals surface area contributed by atoms with Crippen LogP contribution in [0.15, 0.2) is 59.7 Å². The summed E-state index contributed by atoms with van der Waals surface area (Å²) in [5.41, 5.74) is 3.92. The summed E-state index contributed by atoms with van der Waals surface area (Å²) in [5.74, 6) is 2.18. The lowest BCUT2D eigenvalue weighted by Crippen LogP contribution is -2.55. The average Bonchev–Trinajstić information content (AvgIpc) is 3.25. The van der Waals surface area contributed by atoms with Crippen molar-refractivity contribution in [3.8, 4) is 5.75 Å². The Bertz CT molecular complexity index is 940. The van der Waals surface area contributed by atoms with Crippen LogP contribution in [0.25, 0.3) is 0 Å². The van der Waals surface area contributed by atoms with Crippen LogP contribution in [-0.2, 0) is 9.47 Å². The highest BCUT2D eigenvalue weighted by Gasteiger charge is 2.42. The van der Waals surface area contributed by atoms with Crippen molar-refractivity contribution in [1.82, 2.24) is 5.32 Å². The van der Waals surface area contributed by atoms with E-state index in [1.807, 2.05) is 26.8 Å². The molecule has 0 bridgehead atoms. The Labute approximate surface area is 199 Å². The third-order valence-corrected chi connectivity index (χ3v) is 7.76. The maximum absolute atomic E-state index is 6.29. The number of allylic oxidation sites excluding steroid dienone is 4. The van der Waals surface area contributed by atoms with Gasteiger partial charge in [0.25, 0.3) is 0 Å². The topological polar surface area (TPSA) is 39.7 Å². The minimum Gasteiger partial charge on any atom is -0.483 e. The maximum atomic E-state index is 6.29. The second-order valence-corrected chi connectivity index (χ2v) is 10.8. The predicted octanol–water partition coefficient (Wildman–Crippen LogP) is 6.40. The van der Waals surface area contributed by atoms with Crippen molar-refractivity contribution in [2.45, 2.75) is 102 Å². The second-order valence-electron chi connectivity index (χ2n) is 10.8. The Balaban J connectivity index is 1.20. The van der Waals surface area contributed by atoms with Crippen molar-refractivity contribution in [3.05, 3.63) is 65.3 Å². The maximum Gasteiger partial charge on any atom is 0.202 e. The van der Waals surface area contributed by atoms with Gasteiger partial charge in [0.05, 0.1) is 0 Å². The number of nitrogens with one attached hydrogen (secondary N) is 1. The third kappa shape index (κ3) is 4.99. The van der Waals surface area contributed by atoms with Gasteiger partial charge in [-0.3, -0.25) is 0 Å². The van der Waals surface area contributed by atoms with Gasteiger partial charge in [-0.2, -0.15) is 0 Å². The number of benzene rings is 1. The molecule has 4 atom stereocenters. The van der Waals surface area contributed by atoms with Crippen LogP contribution in [0.3, 0.4) is 0 Å². The molecule has 2 fully saturated rings. The molecule has 1 saturated heterocycles. The fourth-order valence-electron chi connectivity index (χ4n) is 5.97. The van der Waals surface area contributed by atoms with Crippen LogP contribution in [0.1, 0.15) is 77.7 Å². The van der Waals surface area contributed by atoms with Gasteiger partial charge < -0.3 is 19.5 Å². The highest BCUT2D eigenvalue weighted by atomic mass is 16.9. The van der Waals surface area contributed by atoms with Crippen molar-refractivity contribution in [2.24, 2.45) is 5.92 Å². The van der Waals surface area contributed by atoms with Crippen LogP contribution in [0.4, 0.5) is 0 Å². The SMILES string of the molecule is CC1OC(C(C)(C)Oc2cccc([C@@H]3CC[C@H](N[C@H](C)C4=C5C=CCCC5CC=C4)C3)c2)O1. The molecule has 5 rings (SSSR count). The van der Waals surface area contributed by atoms with E-state index in [1.165, 1.54) is 49.7 Å². The molecule has 1 aromatic rings. The molecule has 0 radical (unpaired) electrons. The Morgan fingerprint density at radius 2 is 1.91 bits per heavy atom. The molecule has 1 N–H and O–H groups in total. The van der Waals surface area contributed by atoms with E-state index in [0.29, 0.717) is 18.0 Å². The summed E-state index contributed by atoms with van der Waals surface area (Å²) in [6.07, 6.45) is 16.4. The van der Waals surface area contributed by atoms with Crippen molar-refractivity contribution in [2.75, 3.05) is 0 Å². The van der Waals surface area contributed by atoms with Crippen LogP contribution in [0, 0.1) is 5.92 Å². The molecule has 33 heavy (non-hydrogen) atoms. The molecule has 3 aliphatic carbocycles. The van der Waals surface area contributed by atoms with E-state index < -0.39 is 5.60 Å². The Kier molecular flexibility index (Phi) is 6.52. The number of hydrogen-bond donors (Lipinski definition) is 1. The molecule has 0 amide bonds.